The van der Waals surface area contributed by atoms with Gasteiger partial charge in [0.05, 0.1) is 5.56 Å². The Morgan fingerprint density at radius 2 is 2.00 bits per heavy atom. The van der Waals surface area contributed by atoms with Gasteiger partial charge in [-0.2, -0.15) is 13.2 Å². The van der Waals surface area contributed by atoms with Crippen molar-refractivity contribution < 1.29 is 27.5 Å². The molecule has 2 N–H and O–H groups in total. The molecule has 0 saturated carbocycles. The molecule has 0 aliphatic carbocycles. The molecular formula is C22H23Cl2F3N4O3. The standard InChI is InChI=1S/C22H23Cl2F3N4O3/c1-30(8-7-14-5-6-19(32)31(14)12-22(25,26)27)21(33)13-9-18(20(28)29-10-13)34-11-15-16(23)3-2-4-17(15)24/h2-4,9-10,14H,5-8,11-12H2,1H3,(H2,28,29). The molecule has 1 aliphatic heterocycles. The average molecular weight is 519 g/mol. The summed E-state index contributed by atoms with van der Waals surface area (Å²) in [5, 5.41) is 0.826. The third kappa shape index (κ3) is 6.44. The molecule has 7 nitrogen and oxygen atoms in total. The zero-order chi connectivity index (χ0) is 25.0. The van der Waals surface area contributed by atoms with Crippen molar-refractivity contribution in [3.05, 3.63) is 51.6 Å². The first-order valence-electron chi connectivity index (χ1n) is 10.4. The van der Waals surface area contributed by atoms with Gasteiger partial charge in [-0.25, -0.2) is 4.98 Å². The molecule has 2 aromatic rings. The molecule has 184 valence electrons. The number of hydrogen-bond donors (Lipinski definition) is 1. The second-order valence-electron chi connectivity index (χ2n) is 7.94. The number of aromatic nitrogens is 1. The predicted molar refractivity (Wildman–Crippen MR) is 122 cm³/mol. The molecule has 0 bridgehead atoms. The van der Waals surface area contributed by atoms with E-state index in [0.29, 0.717) is 22.0 Å². The average Bonchev–Trinajstić information content (AvgIpc) is 3.10. The van der Waals surface area contributed by atoms with Crippen LogP contribution in [-0.4, -0.2) is 59.0 Å². The van der Waals surface area contributed by atoms with Crippen LogP contribution in [-0.2, 0) is 11.4 Å². The Balaban J connectivity index is 1.63. The number of likely N-dealkylation sites (tertiary alicyclic amines) is 1. The first-order valence-corrected chi connectivity index (χ1v) is 11.1. The number of nitrogen functional groups attached to an aromatic ring is 1. The fourth-order valence-electron chi connectivity index (χ4n) is 3.68. The molecule has 0 spiro atoms. The summed E-state index contributed by atoms with van der Waals surface area (Å²) in [6.07, 6.45) is -2.57. The van der Waals surface area contributed by atoms with Gasteiger partial charge in [0.1, 0.15) is 13.2 Å². The number of ether oxygens (including phenoxy) is 1. The summed E-state index contributed by atoms with van der Waals surface area (Å²) in [5.41, 5.74) is 6.61. The van der Waals surface area contributed by atoms with E-state index in [9.17, 15) is 22.8 Å². The van der Waals surface area contributed by atoms with Crippen molar-refractivity contribution in [2.45, 2.75) is 38.1 Å². The third-order valence-electron chi connectivity index (χ3n) is 5.51. The van der Waals surface area contributed by atoms with Gasteiger partial charge < -0.3 is 20.3 Å². The number of hydrogen-bond acceptors (Lipinski definition) is 5. The maximum Gasteiger partial charge on any atom is 0.406 e. The topological polar surface area (TPSA) is 88.8 Å². The Morgan fingerprint density at radius 3 is 2.65 bits per heavy atom. The van der Waals surface area contributed by atoms with Gasteiger partial charge in [0, 0.05) is 47.9 Å². The van der Waals surface area contributed by atoms with E-state index in [1.165, 1.54) is 24.2 Å². The van der Waals surface area contributed by atoms with Gasteiger partial charge in [0.2, 0.25) is 5.91 Å². The van der Waals surface area contributed by atoms with E-state index in [2.05, 4.69) is 4.98 Å². The lowest BCUT2D eigenvalue weighted by atomic mass is 10.1. The number of carbonyl (C=O) groups excluding carboxylic acids is 2. The number of alkyl halides is 3. The Kier molecular flexibility index (Phi) is 8.14. The molecule has 1 aliphatic rings. The second-order valence-corrected chi connectivity index (χ2v) is 8.76. The highest BCUT2D eigenvalue weighted by Gasteiger charge is 2.39. The summed E-state index contributed by atoms with van der Waals surface area (Å²) in [6.45, 7) is -1.13. The summed E-state index contributed by atoms with van der Waals surface area (Å²) < 4.78 is 44.0. The smallest absolute Gasteiger partial charge is 0.406 e. The van der Waals surface area contributed by atoms with E-state index >= 15 is 0 Å². The number of benzene rings is 1. The van der Waals surface area contributed by atoms with Crippen LogP contribution in [0.15, 0.2) is 30.5 Å². The number of pyridine rings is 1. The van der Waals surface area contributed by atoms with Crippen molar-refractivity contribution in [1.82, 2.24) is 14.8 Å². The van der Waals surface area contributed by atoms with Crippen LogP contribution in [0.25, 0.3) is 0 Å². The molecule has 0 radical (unpaired) electrons. The first-order chi connectivity index (χ1) is 16.0. The minimum absolute atomic E-state index is 0.00260. The fraction of sp³-hybridized carbons (Fsp3) is 0.409. The second kappa shape index (κ2) is 10.7. The van der Waals surface area contributed by atoms with Crippen LogP contribution >= 0.6 is 23.2 Å². The van der Waals surface area contributed by atoms with E-state index in [1.807, 2.05) is 0 Å². The van der Waals surface area contributed by atoms with Crippen LogP contribution in [0.4, 0.5) is 19.0 Å². The summed E-state index contributed by atoms with van der Waals surface area (Å²) >= 11 is 12.3. The number of nitrogens with two attached hydrogens (primary N) is 1. The first kappa shape index (κ1) is 25.9. The van der Waals surface area contributed by atoms with E-state index in [-0.39, 0.29) is 43.1 Å². The number of nitrogens with zero attached hydrogens (tertiary/aromatic N) is 3. The highest BCUT2D eigenvalue weighted by atomic mass is 35.5. The number of amides is 2. The molecular weight excluding hydrogens is 496 g/mol. The van der Waals surface area contributed by atoms with E-state index in [1.54, 1.807) is 18.2 Å². The Morgan fingerprint density at radius 1 is 1.32 bits per heavy atom. The Hall–Kier alpha value is -2.72. The highest BCUT2D eigenvalue weighted by Crippen LogP contribution is 2.29. The summed E-state index contributed by atoms with van der Waals surface area (Å²) in [6, 6.07) is 5.88. The Bertz CT molecular complexity index is 1050. The lowest BCUT2D eigenvalue weighted by Gasteiger charge is -2.27. The van der Waals surface area contributed by atoms with Gasteiger partial charge in [-0.3, -0.25) is 9.59 Å². The van der Waals surface area contributed by atoms with Crippen molar-refractivity contribution in [2.24, 2.45) is 0 Å². The molecule has 2 heterocycles. The van der Waals surface area contributed by atoms with Crippen molar-refractivity contribution in [2.75, 3.05) is 25.9 Å². The van der Waals surface area contributed by atoms with Gasteiger partial charge in [0.25, 0.3) is 5.91 Å². The molecule has 1 atom stereocenters. The van der Waals surface area contributed by atoms with Crippen LogP contribution in [0.2, 0.25) is 10.0 Å². The van der Waals surface area contributed by atoms with E-state index in [4.69, 9.17) is 33.7 Å². The van der Waals surface area contributed by atoms with Gasteiger partial charge in [-0.15, -0.1) is 0 Å². The maximum atomic E-state index is 12.9. The normalized spacial score (nSPS) is 16.1. The van der Waals surface area contributed by atoms with Crippen molar-refractivity contribution in [3.8, 4) is 5.75 Å². The Labute approximate surface area is 204 Å². The third-order valence-corrected chi connectivity index (χ3v) is 6.22. The minimum atomic E-state index is -4.47. The summed E-state index contributed by atoms with van der Waals surface area (Å²) in [5.74, 6) is -0.720. The van der Waals surface area contributed by atoms with E-state index in [0.717, 1.165) is 4.90 Å². The summed E-state index contributed by atoms with van der Waals surface area (Å²) in [7, 11) is 1.52. The van der Waals surface area contributed by atoms with Crippen LogP contribution in [0.3, 0.4) is 0 Å². The van der Waals surface area contributed by atoms with Crippen LogP contribution in [0.1, 0.15) is 35.2 Å². The van der Waals surface area contributed by atoms with Gasteiger partial charge in [-0.1, -0.05) is 29.3 Å². The van der Waals surface area contributed by atoms with Crippen molar-refractivity contribution in [3.63, 3.8) is 0 Å². The molecule has 3 rings (SSSR count). The number of carbonyl (C=O) groups is 2. The van der Waals surface area contributed by atoms with Crippen molar-refractivity contribution in [1.29, 1.82) is 0 Å². The molecule has 1 aromatic heterocycles. The molecule has 12 heteroatoms. The lowest BCUT2D eigenvalue weighted by Crippen LogP contribution is -2.42. The van der Waals surface area contributed by atoms with Gasteiger partial charge in [0.15, 0.2) is 11.6 Å². The van der Waals surface area contributed by atoms with Crippen LogP contribution in [0, 0.1) is 0 Å². The quantitative estimate of drug-likeness (QED) is 0.553. The molecule has 1 fully saturated rings. The molecule has 1 saturated heterocycles. The van der Waals surface area contributed by atoms with Crippen LogP contribution < -0.4 is 10.5 Å². The van der Waals surface area contributed by atoms with Gasteiger partial charge >= 0.3 is 6.18 Å². The number of halogens is 5. The molecule has 2 amide bonds. The molecule has 1 aromatic carbocycles. The zero-order valence-electron chi connectivity index (χ0n) is 18.2. The largest absolute Gasteiger partial charge is 0.485 e. The predicted octanol–water partition coefficient (Wildman–Crippen LogP) is 4.57. The SMILES string of the molecule is CN(CCC1CCC(=O)N1CC(F)(F)F)C(=O)c1cnc(N)c(OCc2c(Cl)cccc2Cl)c1. The number of anilines is 1. The maximum absolute atomic E-state index is 12.9. The monoisotopic (exact) mass is 518 g/mol. The lowest BCUT2D eigenvalue weighted by molar-refractivity contribution is -0.161. The molecule has 1 unspecified atom stereocenters. The van der Waals surface area contributed by atoms with Crippen LogP contribution in [0.5, 0.6) is 5.75 Å². The highest BCUT2D eigenvalue weighted by molar-refractivity contribution is 6.35. The molecule has 34 heavy (non-hydrogen) atoms. The van der Waals surface area contributed by atoms with E-state index < -0.39 is 30.6 Å². The summed E-state index contributed by atoms with van der Waals surface area (Å²) in [4.78, 5) is 30.9. The fourth-order valence-corrected chi connectivity index (χ4v) is 4.18. The minimum Gasteiger partial charge on any atom is -0.485 e. The zero-order valence-corrected chi connectivity index (χ0v) is 19.8. The van der Waals surface area contributed by atoms with Gasteiger partial charge in [-0.05, 0) is 31.0 Å². The number of rotatable bonds is 8. The van der Waals surface area contributed by atoms with Crippen molar-refractivity contribution >= 4 is 40.8 Å².